The molecule has 18 heavy (non-hydrogen) atoms. The minimum absolute atomic E-state index is 0.122. The van der Waals surface area contributed by atoms with Crippen molar-refractivity contribution in [1.29, 1.82) is 0 Å². The van der Waals surface area contributed by atoms with Gasteiger partial charge in [0.25, 0.3) is 5.91 Å². The van der Waals surface area contributed by atoms with Crippen LogP contribution in [0.5, 0.6) is 5.75 Å². The third kappa shape index (κ3) is 3.66. The first-order valence-corrected chi connectivity index (χ1v) is 5.84. The van der Waals surface area contributed by atoms with Gasteiger partial charge >= 0.3 is 0 Å². The zero-order valence-electron chi connectivity index (χ0n) is 9.96. The van der Waals surface area contributed by atoms with Crippen molar-refractivity contribution < 1.29 is 13.9 Å². The third-order valence-electron chi connectivity index (χ3n) is 2.40. The van der Waals surface area contributed by atoms with E-state index >= 15 is 0 Å². The van der Waals surface area contributed by atoms with Gasteiger partial charge in [0, 0.05) is 6.54 Å². The Kier molecular flexibility index (Phi) is 4.41. The van der Waals surface area contributed by atoms with Crippen molar-refractivity contribution in [2.45, 2.75) is 6.42 Å². The maximum absolute atomic E-state index is 11.5. The van der Waals surface area contributed by atoms with E-state index in [1.54, 1.807) is 6.07 Å². The van der Waals surface area contributed by atoms with Gasteiger partial charge in [-0.25, -0.2) is 0 Å². The molecule has 0 aliphatic carbocycles. The summed E-state index contributed by atoms with van der Waals surface area (Å²) in [6.07, 6.45) is 3.67. The lowest BCUT2D eigenvalue weighted by Crippen LogP contribution is -2.25. The summed E-state index contributed by atoms with van der Waals surface area (Å²) in [5.74, 6) is 0.724. The van der Waals surface area contributed by atoms with Crippen molar-refractivity contribution in [3.8, 4) is 5.75 Å². The van der Waals surface area contributed by atoms with Crippen LogP contribution in [0.25, 0.3) is 0 Å². The largest absolute Gasteiger partial charge is 0.494 e. The second kappa shape index (κ2) is 6.49. The molecular formula is C14H15NO3. The summed E-state index contributed by atoms with van der Waals surface area (Å²) in [6, 6.07) is 11.2. The van der Waals surface area contributed by atoms with Crippen LogP contribution in [0.1, 0.15) is 16.8 Å². The quantitative estimate of drug-likeness (QED) is 0.795. The Labute approximate surface area is 106 Å². The van der Waals surface area contributed by atoms with Crippen LogP contribution in [0.2, 0.25) is 0 Å². The van der Waals surface area contributed by atoms with E-state index in [9.17, 15) is 4.79 Å². The molecule has 0 aliphatic rings. The first kappa shape index (κ1) is 12.2. The van der Waals surface area contributed by atoms with Gasteiger partial charge in [-0.05, 0) is 24.6 Å². The van der Waals surface area contributed by atoms with E-state index in [4.69, 9.17) is 9.15 Å². The van der Waals surface area contributed by atoms with Crippen LogP contribution in [-0.4, -0.2) is 19.1 Å². The lowest BCUT2D eigenvalue weighted by molar-refractivity contribution is 0.0951. The van der Waals surface area contributed by atoms with Crippen molar-refractivity contribution in [2.75, 3.05) is 13.2 Å². The average Bonchev–Trinajstić information content (AvgIpc) is 2.93. The third-order valence-corrected chi connectivity index (χ3v) is 2.40. The van der Waals surface area contributed by atoms with E-state index in [-0.39, 0.29) is 5.91 Å². The fourth-order valence-electron chi connectivity index (χ4n) is 1.48. The van der Waals surface area contributed by atoms with Gasteiger partial charge in [-0.2, -0.15) is 0 Å². The molecule has 1 amide bonds. The molecule has 94 valence electrons. The van der Waals surface area contributed by atoms with Gasteiger partial charge in [0.1, 0.15) is 12.0 Å². The molecule has 2 rings (SSSR count). The van der Waals surface area contributed by atoms with Crippen molar-refractivity contribution in [3.05, 3.63) is 54.5 Å². The molecule has 0 unspecified atom stereocenters. The van der Waals surface area contributed by atoms with Crippen molar-refractivity contribution >= 4 is 5.91 Å². The summed E-state index contributed by atoms with van der Waals surface area (Å²) < 4.78 is 10.3. The zero-order chi connectivity index (χ0) is 12.6. The normalized spacial score (nSPS) is 10.0. The molecule has 0 spiro atoms. The second-order valence-electron chi connectivity index (χ2n) is 3.78. The zero-order valence-corrected chi connectivity index (χ0v) is 9.96. The van der Waals surface area contributed by atoms with Crippen molar-refractivity contribution in [3.63, 3.8) is 0 Å². The number of para-hydroxylation sites is 1. The minimum Gasteiger partial charge on any atom is -0.494 e. The molecular weight excluding hydrogens is 230 g/mol. The highest BCUT2D eigenvalue weighted by atomic mass is 16.5. The lowest BCUT2D eigenvalue weighted by Gasteiger charge is -2.06. The smallest absolute Gasteiger partial charge is 0.254 e. The van der Waals surface area contributed by atoms with Crippen LogP contribution in [0.3, 0.4) is 0 Å². The minimum atomic E-state index is -0.122. The van der Waals surface area contributed by atoms with E-state index < -0.39 is 0 Å². The molecule has 0 aliphatic heterocycles. The number of furan rings is 1. The number of hydrogen-bond acceptors (Lipinski definition) is 3. The number of hydrogen-bond donors (Lipinski definition) is 1. The maximum Gasteiger partial charge on any atom is 0.254 e. The highest BCUT2D eigenvalue weighted by Crippen LogP contribution is 2.08. The molecule has 4 nitrogen and oxygen atoms in total. The molecule has 1 N–H and O–H groups in total. The summed E-state index contributed by atoms with van der Waals surface area (Å²) in [4.78, 5) is 11.5. The Bertz CT molecular complexity index is 465. The van der Waals surface area contributed by atoms with Gasteiger partial charge < -0.3 is 14.5 Å². The van der Waals surface area contributed by atoms with Crippen LogP contribution in [-0.2, 0) is 0 Å². The van der Waals surface area contributed by atoms with Gasteiger partial charge in [0.15, 0.2) is 0 Å². The summed E-state index contributed by atoms with van der Waals surface area (Å²) in [5, 5.41) is 2.79. The van der Waals surface area contributed by atoms with Crippen LogP contribution in [0.15, 0.2) is 53.3 Å². The molecule has 0 saturated heterocycles. The molecule has 1 heterocycles. The molecule has 0 radical (unpaired) electrons. The number of carbonyl (C=O) groups is 1. The van der Waals surface area contributed by atoms with Gasteiger partial charge in [-0.15, -0.1) is 0 Å². The van der Waals surface area contributed by atoms with E-state index in [1.807, 2.05) is 30.3 Å². The molecule has 0 bridgehead atoms. The fraction of sp³-hybridized carbons (Fsp3) is 0.214. The number of ether oxygens (including phenoxy) is 1. The average molecular weight is 245 g/mol. The SMILES string of the molecule is O=C(NCCCOc1ccccc1)c1ccoc1. The highest BCUT2D eigenvalue weighted by molar-refractivity contribution is 5.93. The lowest BCUT2D eigenvalue weighted by atomic mass is 10.3. The Balaban J connectivity index is 1.61. The van der Waals surface area contributed by atoms with Crippen LogP contribution in [0, 0.1) is 0 Å². The van der Waals surface area contributed by atoms with E-state index in [0.717, 1.165) is 12.2 Å². The van der Waals surface area contributed by atoms with Crippen LogP contribution < -0.4 is 10.1 Å². The number of carbonyl (C=O) groups excluding carboxylic acids is 1. The molecule has 0 fully saturated rings. The summed E-state index contributed by atoms with van der Waals surface area (Å²) in [5.41, 5.74) is 0.541. The van der Waals surface area contributed by atoms with E-state index in [0.29, 0.717) is 18.7 Å². The Morgan fingerprint density at radius 3 is 2.78 bits per heavy atom. The molecule has 0 atom stereocenters. The summed E-state index contributed by atoms with van der Waals surface area (Å²) >= 11 is 0. The Morgan fingerprint density at radius 1 is 1.22 bits per heavy atom. The van der Waals surface area contributed by atoms with E-state index in [2.05, 4.69) is 5.32 Å². The van der Waals surface area contributed by atoms with Gasteiger partial charge in [-0.3, -0.25) is 4.79 Å². The number of rotatable bonds is 6. The maximum atomic E-state index is 11.5. The standard InChI is InChI=1S/C14H15NO3/c16-14(12-7-10-17-11-12)15-8-4-9-18-13-5-2-1-3-6-13/h1-3,5-7,10-11H,4,8-9H2,(H,15,16). The summed E-state index contributed by atoms with van der Waals surface area (Å²) in [6.45, 7) is 1.16. The number of benzene rings is 1. The Hall–Kier alpha value is -2.23. The molecule has 4 heteroatoms. The van der Waals surface area contributed by atoms with Crippen LogP contribution in [0.4, 0.5) is 0 Å². The number of amides is 1. The highest BCUT2D eigenvalue weighted by Gasteiger charge is 2.04. The first-order chi connectivity index (χ1) is 8.86. The predicted molar refractivity (Wildman–Crippen MR) is 67.6 cm³/mol. The molecule has 1 aromatic heterocycles. The van der Waals surface area contributed by atoms with Crippen molar-refractivity contribution in [2.24, 2.45) is 0 Å². The topological polar surface area (TPSA) is 51.5 Å². The van der Waals surface area contributed by atoms with Gasteiger partial charge in [0.2, 0.25) is 0 Å². The molecule has 0 saturated carbocycles. The molecule has 2 aromatic rings. The number of nitrogens with one attached hydrogen (secondary N) is 1. The predicted octanol–water partition coefficient (Wildman–Crippen LogP) is 2.48. The summed E-state index contributed by atoms with van der Waals surface area (Å²) in [7, 11) is 0. The first-order valence-electron chi connectivity index (χ1n) is 5.84. The fourth-order valence-corrected chi connectivity index (χ4v) is 1.48. The van der Waals surface area contributed by atoms with E-state index in [1.165, 1.54) is 12.5 Å². The Morgan fingerprint density at radius 2 is 2.06 bits per heavy atom. The monoisotopic (exact) mass is 245 g/mol. The second-order valence-corrected chi connectivity index (χ2v) is 3.78. The van der Waals surface area contributed by atoms with Gasteiger partial charge in [0.05, 0.1) is 18.4 Å². The molecule has 1 aromatic carbocycles. The van der Waals surface area contributed by atoms with Gasteiger partial charge in [-0.1, -0.05) is 18.2 Å². The van der Waals surface area contributed by atoms with Crippen LogP contribution >= 0.6 is 0 Å². The van der Waals surface area contributed by atoms with Crippen molar-refractivity contribution in [1.82, 2.24) is 5.32 Å².